The van der Waals surface area contributed by atoms with Crippen molar-refractivity contribution >= 4 is 29.1 Å². The summed E-state index contributed by atoms with van der Waals surface area (Å²) < 4.78 is 64.0. The summed E-state index contributed by atoms with van der Waals surface area (Å²) in [6.07, 6.45) is 0. The van der Waals surface area contributed by atoms with Crippen LogP contribution in [0, 0.1) is 17.0 Å². The molecular weight excluding hydrogens is 343 g/mol. The summed E-state index contributed by atoms with van der Waals surface area (Å²) >= 11 is 0. The molecule has 22 heavy (non-hydrogen) atoms. The Hall–Kier alpha value is -1.62. The van der Waals surface area contributed by atoms with Gasteiger partial charge in [0.15, 0.2) is 0 Å². The molecule has 11 heteroatoms. The Bertz CT molecular complexity index is 710. The molecule has 1 rings (SSSR count). The van der Waals surface area contributed by atoms with E-state index in [2.05, 4.69) is 4.18 Å². The van der Waals surface area contributed by atoms with E-state index in [1.807, 2.05) is 0 Å². The van der Waals surface area contributed by atoms with Crippen LogP contribution in [0.5, 0.6) is 5.75 Å². The van der Waals surface area contributed by atoms with Crippen molar-refractivity contribution < 1.29 is 30.7 Å². The minimum atomic E-state index is -5.98. The van der Waals surface area contributed by atoms with Crippen molar-refractivity contribution in [1.29, 1.82) is 0 Å². The second kappa shape index (κ2) is 5.54. The Balaban J connectivity index is 3.68. The van der Waals surface area contributed by atoms with E-state index in [1.165, 1.54) is 13.0 Å². The van der Waals surface area contributed by atoms with Crippen molar-refractivity contribution in [2.45, 2.75) is 32.1 Å². The number of alkyl halides is 3. The first kappa shape index (κ1) is 18.4. The van der Waals surface area contributed by atoms with E-state index in [0.717, 1.165) is 6.07 Å². The van der Waals surface area contributed by atoms with Crippen LogP contribution >= 0.6 is 0 Å². The van der Waals surface area contributed by atoms with Crippen LogP contribution in [0.4, 0.5) is 18.9 Å². The molecule has 0 aliphatic carbocycles. The van der Waals surface area contributed by atoms with Crippen molar-refractivity contribution in [2.75, 3.05) is 0 Å². The van der Waals surface area contributed by atoms with Crippen LogP contribution < -0.4 is 9.37 Å². The summed E-state index contributed by atoms with van der Waals surface area (Å²) in [6, 6.07) is 2.39. The van der Waals surface area contributed by atoms with Crippen molar-refractivity contribution in [3.8, 4) is 5.75 Å². The van der Waals surface area contributed by atoms with E-state index in [4.69, 9.17) is 0 Å². The van der Waals surface area contributed by atoms with Gasteiger partial charge in [0.05, 0.1) is 13.0 Å². The fourth-order valence-corrected chi connectivity index (χ4v) is 3.78. The van der Waals surface area contributed by atoms with E-state index in [-0.39, 0.29) is 5.19 Å². The fourth-order valence-electron chi connectivity index (χ4n) is 1.69. The highest BCUT2D eigenvalue weighted by molar-refractivity contribution is 7.88. The highest BCUT2D eigenvalue weighted by atomic mass is 32.2. The van der Waals surface area contributed by atoms with Crippen molar-refractivity contribution in [1.82, 2.24) is 0 Å². The molecule has 0 atom stereocenters. The first-order chi connectivity index (χ1) is 9.67. The first-order valence-corrected chi connectivity index (χ1v) is 10.9. The van der Waals surface area contributed by atoms with Crippen LogP contribution in [0.3, 0.4) is 0 Å². The Labute approximate surface area is 126 Å². The molecule has 0 aliphatic rings. The number of halogens is 3. The normalized spacial score (nSPS) is 13.0. The van der Waals surface area contributed by atoms with E-state index < -0.39 is 40.1 Å². The molecule has 0 unspecified atom stereocenters. The maximum Gasteiger partial charge on any atom is 0.534 e. The number of benzene rings is 1. The summed E-state index contributed by atoms with van der Waals surface area (Å²) in [5.74, 6) is -0.855. The van der Waals surface area contributed by atoms with Gasteiger partial charge in [-0.05, 0) is 17.7 Å². The van der Waals surface area contributed by atoms with Crippen molar-refractivity contribution in [3.63, 3.8) is 0 Å². The molecule has 0 radical (unpaired) electrons. The maximum absolute atomic E-state index is 12.5. The summed E-state index contributed by atoms with van der Waals surface area (Å²) in [6.45, 7) is 6.65. The molecule has 0 fully saturated rings. The van der Waals surface area contributed by atoms with Crippen LogP contribution in [0.15, 0.2) is 12.1 Å². The minimum absolute atomic E-state index is 0.132. The maximum atomic E-state index is 12.5. The van der Waals surface area contributed by atoms with Gasteiger partial charge in [0, 0.05) is 6.07 Å². The monoisotopic (exact) mass is 357 g/mol. The molecule has 0 aliphatic heterocycles. The SMILES string of the molecule is Cc1cc([N+](=O)[O-])c(OS(=O)(=O)C(F)(F)F)c([Si](C)(C)C)c1. The Morgan fingerprint density at radius 1 is 1.23 bits per heavy atom. The Morgan fingerprint density at radius 3 is 2.09 bits per heavy atom. The molecule has 1 aromatic carbocycles. The number of nitro benzene ring substituents is 1. The molecule has 124 valence electrons. The smallest absolute Gasteiger partial charge is 0.369 e. The van der Waals surface area contributed by atoms with Gasteiger partial charge in [-0.25, -0.2) is 0 Å². The van der Waals surface area contributed by atoms with E-state index in [0.29, 0.717) is 5.56 Å². The second-order valence-electron chi connectivity index (χ2n) is 5.65. The van der Waals surface area contributed by atoms with Gasteiger partial charge in [0.2, 0.25) is 5.75 Å². The average molecular weight is 357 g/mol. The Morgan fingerprint density at radius 2 is 1.73 bits per heavy atom. The number of rotatable bonds is 4. The van der Waals surface area contributed by atoms with E-state index in [1.54, 1.807) is 19.6 Å². The molecule has 0 saturated carbocycles. The Kier molecular flexibility index (Phi) is 4.64. The fraction of sp³-hybridized carbons (Fsp3) is 0.455. The van der Waals surface area contributed by atoms with Gasteiger partial charge < -0.3 is 4.18 Å². The zero-order valence-corrected chi connectivity index (χ0v) is 14.0. The largest absolute Gasteiger partial charge is 0.534 e. The second-order valence-corrected chi connectivity index (χ2v) is 12.2. The zero-order valence-electron chi connectivity index (χ0n) is 12.2. The van der Waals surface area contributed by atoms with Gasteiger partial charge in [0.1, 0.15) is 0 Å². The lowest BCUT2D eigenvalue weighted by Crippen LogP contribution is -2.41. The summed E-state index contributed by atoms with van der Waals surface area (Å²) in [7, 11) is -8.39. The van der Waals surface area contributed by atoms with Gasteiger partial charge in [0.25, 0.3) is 0 Å². The predicted octanol–water partition coefficient (Wildman–Crippen LogP) is 2.68. The first-order valence-electron chi connectivity index (χ1n) is 5.97. The highest BCUT2D eigenvalue weighted by Crippen LogP contribution is 2.33. The average Bonchev–Trinajstić information content (AvgIpc) is 2.27. The molecule has 6 nitrogen and oxygen atoms in total. The van der Waals surface area contributed by atoms with Gasteiger partial charge in [-0.15, -0.1) is 0 Å². The predicted molar refractivity (Wildman–Crippen MR) is 76.4 cm³/mol. The lowest BCUT2D eigenvalue weighted by atomic mass is 10.2. The molecule has 0 saturated heterocycles. The zero-order chi connectivity index (χ0) is 17.5. The minimum Gasteiger partial charge on any atom is -0.369 e. The van der Waals surface area contributed by atoms with Crippen molar-refractivity contribution in [3.05, 3.63) is 27.8 Å². The van der Waals surface area contributed by atoms with Gasteiger partial charge in [-0.2, -0.15) is 21.6 Å². The lowest BCUT2D eigenvalue weighted by molar-refractivity contribution is -0.385. The molecule has 0 heterocycles. The molecule has 0 amide bonds. The topological polar surface area (TPSA) is 86.5 Å². The van der Waals surface area contributed by atoms with Crippen molar-refractivity contribution in [2.24, 2.45) is 0 Å². The number of nitrogens with zero attached hydrogens (tertiary/aromatic N) is 1. The number of hydrogen-bond acceptors (Lipinski definition) is 5. The van der Waals surface area contributed by atoms with Crippen LogP contribution in [0.1, 0.15) is 5.56 Å². The summed E-state index contributed by atoms with van der Waals surface area (Å²) in [4.78, 5) is 10.1. The molecule has 0 bridgehead atoms. The third-order valence-corrected chi connectivity index (χ3v) is 5.64. The molecule has 0 aromatic heterocycles. The molecule has 0 spiro atoms. The third-order valence-electron chi connectivity index (χ3n) is 2.69. The third kappa shape index (κ3) is 3.77. The van der Waals surface area contributed by atoms with Crippen LogP contribution in [0.25, 0.3) is 0 Å². The number of nitro groups is 1. The van der Waals surface area contributed by atoms with E-state index >= 15 is 0 Å². The van der Waals surface area contributed by atoms with Gasteiger partial charge in [-0.3, -0.25) is 10.1 Å². The summed E-state index contributed by atoms with van der Waals surface area (Å²) in [5.41, 5.74) is -6.03. The van der Waals surface area contributed by atoms with Gasteiger partial charge in [-0.1, -0.05) is 25.7 Å². The van der Waals surface area contributed by atoms with E-state index in [9.17, 15) is 31.7 Å². The standard InChI is InChI=1S/C11H14F3NO5SSi/c1-7-5-8(15(16)17)10(9(6-7)22(2,3)4)20-21(18,19)11(12,13)14/h5-6H,1-4H3. The quantitative estimate of drug-likeness (QED) is 0.272. The lowest BCUT2D eigenvalue weighted by Gasteiger charge is -2.21. The van der Waals surface area contributed by atoms with Crippen LogP contribution in [-0.4, -0.2) is 26.9 Å². The molecule has 0 N–H and O–H groups in total. The van der Waals surface area contributed by atoms with Crippen LogP contribution in [0.2, 0.25) is 19.6 Å². The summed E-state index contributed by atoms with van der Waals surface area (Å²) in [5, 5.41) is 11.2. The molecular formula is C11H14F3NO5SSi. The van der Waals surface area contributed by atoms with Gasteiger partial charge >= 0.3 is 21.3 Å². The number of aryl methyl sites for hydroxylation is 1. The number of hydrogen-bond donors (Lipinski definition) is 0. The highest BCUT2D eigenvalue weighted by Gasteiger charge is 2.50. The molecule has 1 aromatic rings. The van der Waals surface area contributed by atoms with Crippen LogP contribution in [-0.2, 0) is 10.1 Å².